The van der Waals surface area contributed by atoms with E-state index < -0.39 is 11.2 Å². The van der Waals surface area contributed by atoms with E-state index in [0.29, 0.717) is 22.9 Å². The van der Waals surface area contributed by atoms with Crippen molar-refractivity contribution in [2.75, 3.05) is 23.7 Å². The Hall–Kier alpha value is -3.01. The van der Waals surface area contributed by atoms with Crippen molar-refractivity contribution < 1.29 is 4.42 Å². The van der Waals surface area contributed by atoms with E-state index >= 15 is 0 Å². The normalized spacial score (nSPS) is 15.4. The summed E-state index contributed by atoms with van der Waals surface area (Å²) < 4.78 is 9.18. The number of aryl methyl sites for hydroxylation is 1. The highest BCUT2D eigenvalue weighted by Gasteiger charge is 2.24. The Labute approximate surface area is 182 Å². The SMILES string of the molecule is C[C@@H](CSc1nc2ccccc2o1)Cn1c(N2CCCC2)nc2c1c(=O)[nH]c(=O)n2C. The summed E-state index contributed by atoms with van der Waals surface area (Å²) in [5, 5.41) is 0.642. The molecule has 1 aromatic carbocycles. The summed E-state index contributed by atoms with van der Waals surface area (Å²) in [6.45, 7) is 4.55. The number of aromatic amines is 1. The van der Waals surface area contributed by atoms with Crippen LogP contribution in [0.5, 0.6) is 0 Å². The molecule has 31 heavy (non-hydrogen) atoms. The second-order valence-corrected chi connectivity index (χ2v) is 9.04. The molecule has 0 aliphatic carbocycles. The molecule has 10 heteroatoms. The van der Waals surface area contributed by atoms with Gasteiger partial charge >= 0.3 is 5.69 Å². The Morgan fingerprint density at radius 1 is 1.19 bits per heavy atom. The molecule has 0 radical (unpaired) electrons. The van der Waals surface area contributed by atoms with E-state index in [-0.39, 0.29) is 5.92 Å². The summed E-state index contributed by atoms with van der Waals surface area (Å²) in [5.41, 5.74) is 1.66. The van der Waals surface area contributed by atoms with Gasteiger partial charge in [-0.2, -0.15) is 4.98 Å². The molecular weight excluding hydrogens is 416 g/mol. The number of rotatable bonds is 6. The lowest BCUT2D eigenvalue weighted by atomic mass is 10.2. The van der Waals surface area contributed by atoms with Gasteiger partial charge in [-0.1, -0.05) is 30.8 Å². The second-order valence-electron chi connectivity index (χ2n) is 8.07. The largest absolute Gasteiger partial charge is 0.431 e. The van der Waals surface area contributed by atoms with Crippen LogP contribution in [0.4, 0.5) is 5.95 Å². The fourth-order valence-corrected chi connectivity index (χ4v) is 4.89. The van der Waals surface area contributed by atoms with Crippen LogP contribution in [0.2, 0.25) is 0 Å². The maximum atomic E-state index is 12.7. The number of nitrogens with zero attached hydrogens (tertiary/aromatic N) is 5. The number of hydrogen-bond acceptors (Lipinski definition) is 7. The predicted octanol–water partition coefficient (Wildman–Crippen LogP) is 2.59. The fourth-order valence-electron chi connectivity index (χ4n) is 4.05. The minimum absolute atomic E-state index is 0.218. The van der Waals surface area contributed by atoms with Gasteiger partial charge in [-0.3, -0.25) is 14.3 Å². The number of fused-ring (bicyclic) bond motifs is 2. The van der Waals surface area contributed by atoms with Crippen molar-refractivity contribution in [3.8, 4) is 0 Å². The molecule has 0 unspecified atom stereocenters. The molecule has 1 N–H and O–H groups in total. The molecule has 162 valence electrons. The number of hydrogen-bond donors (Lipinski definition) is 1. The quantitative estimate of drug-likeness (QED) is 0.460. The smallest absolute Gasteiger partial charge is 0.329 e. The van der Waals surface area contributed by atoms with Crippen molar-refractivity contribution in [2.45, 2.75) is 31.5 Å². The molecule has 1 atom stereocenters. The molecule has 0 saturated carbocycles. The van der Waals surface area contributed by atoms with Gasteiger partial charge in [-0.25, -0.2) is 9.78 Å². The molecule has 4 heterocycles. The first kappa shape index (κ1) is 19.9. The first-order valence-electron chi connectivity index (χ1n) is 10.4. The zero-order valence-electron chi connectivity index (χ0n) is 17.5. The van der Waals surface area contributed by atoms with E-state index in [1.807, 2.05) is 28.8 Å². The summed E-state index contributed by atoms with van der Waals surface area (Å²) in [6.07, 6.45) is 2.20. The van der Waals surface area contributed by atoms with Crippen molar-refractivity contribution in [1.82, 2.24) is 24.1 Å². The van der Waals surface area contributed by atoms with Crippen LogP contribution in [0.1, 0.15) is 19.8 Å². The highest BCUT2D eigenvalue weighted by atomic mass is 32.2. The summed E-state index contributed by atoms with van der Waals surface area (Å²) in [6, 6.07) is 7.71. The number of thioether (sulfide) groups is 1. The molecule has 3 aromatic heterocycles. The van der Waals surface area contributed by atoms with Crippen LogP contribution in [0, 0.1) is 5.92 Å². The van der Waals surface area contributed by atoms with Gasteiger partial charge in [-0.15, -0.1) is 0 Å². The monoisotopic (exact) mass is 440 g/mol. The molecule has 0 spiro atoms. The average molecular weight is 441 g/mol. The number of aromatic nitrogens is 5. The van der Waals surface area contributed by atoms with Crippen molar-refractivity contribution in [3.63, 3.8) is 0 Å². The summed E-state index contributed by atoms with van der Waals surface area (Å²) in [4.78, 5) is 38.6. The zero-order valence-corrected chi connectivity index (χ0v) is 18.3. The Kier molecular flexibility index (Phi) is 5.09. The third kappa shape index (κ3) is 3.65. The minimum atomic E-state index is -0.449. The molecule has 0 bridgehead atoms. The standard InChI is InChI=1S/C21H24N6O3S/c1-13(12-31-21-22-14-7-3-4-8-15(14)30-21)11-27-16-17(25(2)20(29)24-18(16)28)23-19(27)26-9-5-6-10-26/h3-4,7-8,13H,5-6,9-12H2,1-2H3,(H,24,28,29)/t13-/m1/s1. The van der Waals surface area contributed by atoms with E-state index in [1.54, 1.807) is 18.8 Å². The molecular formula is C21H24N6O3S. The summed E-state index contributed by atoms with van der Waals surface area (Å²) in [5.74, 6) is 1.75. The van der Waals surface area contributed by atoms with E-state index in [9.17, 15) is 9.59 Å². The van der Waals surface area contributed by atoms with Crippen LogP contribution in [0.25, 0.3) is 22.3 Å². The maximum absolute atomic E-state index is 12.7. The number of nitrogens with one attached hydrogen (secondary N) is 1. The Morgan fingerprint density at radius 3 is 2.74 bits per heavy atom. The van der Waals surface area contributed by atoms with E-state index in [0.717, 1.165) is 48.7 Å². The van der Waals surface area contributed by atoms with Crippen molar-refractivity contribution in [1.29, 1.82) is 0 Å². The van der Waals surface area contributed by atoms with Crippen molar-refractivity contribution >= 4 is 40.0 Å². The highest BCUT2D eigenvalue weighted by Crippen LogP contribution is 2.28. The van der Waals surface area contributed by atoms with Crippen LogP contribution in [-0.2, 0) is 13.6 Å². The number of imidazole rings is 1. The molecule has 1 aliphatic rings. The van der Waals surface area contributed by atoms with E-state index in [4.69, 9.17) is 9.40 Å². The van der Waals surface area contributed by atoms with Gasteiger partial charge in [0.05, 0.1) is 0 Å². The molecule has 1 fully saturated rings. The van der Waals surface area contributed by atoms with Crippen LogP contribution >= 0.6 is 11.8 Å². The third-order valence-corrected chi connectivity index (χ3v) is 6.79. The lowest BCUT2D eigenvalue weighted by Crippen LogP contribution is -2.30. The average Bonchev–Trinajstić information content (AvgIpc) is 3.48. The Bertz CT molecular complexity index is 1330. The van der Waals surface area contributed by atoms with Gasteiger partial charge in [0, 0.05) is 32.4 Å². The van der Waals surface area contributed by atoms with E-state index in [2.05, 4.69) is 21.8 Å². The molecule has 1 saturated heterocycles. The summed E-state index contributed by atoms with van der Waals surface area (Å²) >= 11 is 1.56. The van der Waals surface area contributed by atoms with Crippen molar-refractivity contribution in [3.05, 3.63) is 45.1 Å². The predicted molar refractivity (Wildman–Crippen MR) is 121 cm³/mol. The molecule has 0 amide bonds. The van der Waals surface area contributed by atoms with Gasteiger partial charge < -0.3 is 13.9 Å². The van der Waals surface area contributed by atoms with Gasteiger partial charge in [0.1, 0.15) is 5.52 Å². The third-order valence-electron chi connectivity index (χ3n) is 5.64. The number of H-pyrrole nitrogens is 1. The van der Waals surface area contributed by atoms with Crippen LogP contribution in [0.15, 0.2) is 43.5 Å². The first-order valence-corrected chi connectivity index (χ1v) is 11.4. The van der Waals surface area contributed by atoms with Crippen LogP contribution in [-0.4, -0.2) is 42.9 Å². The highest BCUT2D eigenvalue weighted by molar-refractivity contribution is 7.99. The molecule has 5 rings (SSSR count). The van der Waals surface area contributed by atoms with Crippen LogP contribution < -0.4 is 16.1 Å². The molecule has 9 nitrogen and oxygen atoms in total. The number of anilines is 1. The summed E-state index contributed by atoms with van der Waals surface area (Å²) in [7, 11) is 1.64. The van der Waals surface area contributed by atoms with Crippen LogP contribution in [0.3, 0.4) is 0 Å². The Morgan fingerprint density at radius 2 is 1.97 bits per heavy atom. The topological polar surface area (TPSA) is 102 Å². The zero-order chi connectivity index (χ0) is 21.5. The maximum Gasteiger partial charge on any atom is 0.329 e. The van der Waals surface area contributed by atoms with Gasteiger partial charge in [0.15, 0.2) is 16.7 Å². The Balaban J connectivity index is 1.44. The number of benzene rings is 1. The molecule has 4 aromatic rings. The lowest BCUT2D eigenvalue weighted by molar-refractivity contribution is 0.485. The van der Waals surface area contributed by atoms with Gasteiger partial charge in [0.25, 0.3) is 10.8 Å². The van der Waals surface area contributed by atoms with Gasteiger partial charge in [-0.05, 0) is 30.9 Å². The van der Waals surface area contributed by atoms with E-state index in [1.165, 1.54) is 4.57 Å². The minimum Gasteiger partial charge on any atom is -0.431 e. The lowest BCUT2D eigenvalue weighted by Gasteiger charge is -2.20. The first-order chi connectivity index (χ1) is 15.0. The van der Waals surface area contributed by atoms with Gasteiger partial charge in [0.2, 0.25) is 5.95 Å². The second kappa shape index (κ2) is 7.92. The number of oxazole rings is 1. The number of para-hydroxylation sites is 2. The molecule has 1 aliphatic heterocycles. The fraction of sp³-hybridized carbons (Fsp3) is 0.429. The van der Waals surface area contributed by atoms with Crippen molar-refractivity contribution in [2.24, 2.45) is 13.0 Å².